The number of ether oxygens (including phenoxy) is 2. The largest absolute Gasteiger partial charge is 0.497 e. The van der Waals surface area contributed by atoms with Crippen LogP contribution in [-0.2, 0) is 6.61 Å². The van der Waals surface area contributed by atoms with Gasteiger partial charge in [0.15, 0.2) is 0 Å². The van der Waals surface area contributed by atoms with Gasteiger partial charge in [-0.3, -0.25) is 0 Å². The number of rotatable bonds is 6. The summed E-state index contributed by atoms with van der Waals surface area (Å²) in [6, 6.07) is 7.80. The number of nitrogens with zero attached hydrogens (tertiary/aromatic N) is 2. The van der Waals surface area contributed by atoms with E-state index in [9.17, 15) is 0 Å². The van der Waals surface area contributed by atoms with E-state index in [0.29, 0.717) is 18.3 Å². The highest BCUT2D eigenvalue weighted by atomic mass is 16.5. The first-order chi connectivity index (χ1) is 10.1. The molecule has 0 aliphatic rings. The summed E-state index contributed by atoms with van der Waals surface area (Å²) in [6.45, 7) is 7.11. The summed E-state index contributed by atoms with van der Waals surface area (Å²) >= 11 is 0. The van der Waals surface area contributed by atoms with E-state index in [1.165, 1.54) is 0 Å². The van der Waals surface area contributed by atoms with Gasteiger partial charge in [-0.05, 0) is 38.5 Å². The van der Waals surface area contributed by atoms with E-state index < -0.39 is 0 Å². The highest BCUT2D eigenvalue weighted by Crippen LogP contribution is 2.23. The minimum atomic E-state index is 0.445. The number of aryl methyl sites for hydroxylation is 1. The van der Waals surface area contributed by atoms with Crippen molar-refractivity contribution in [2.75, 3.05) is 19.0 Å². The fourth-order valence-electron chi connectivity index (χ4n) is 2.00. The van der Waals surface area contributed by atoms with E-state index in [4.69, 9.17) is 9.47 Å². The molecule has 1 N–H and O–H groups in total. The molecule has 0 amide bonds. The molecule has 0 bridgehead atoms. The molecular formula is C16H21N3O2. The molecule has 1 aromatic heterocycles. The first-order valence-corrected chi connectivity index (χ1v) is 6.99. The summed E-state index contributed by atoms with van der Waals surface area (Å²) in [5.41, 5.74) is 1.96. The number of nitrogens with one attached hydrogen (secondary N) is 1. The van der Waals surface area contributed by atoms with Crippen LogP contribution in [-0.4, -0.2) is 23.6 Å². The van der Waals surface area contributed by atoms with Gasteiger partial charge in [0, 0.05) is 6.54 Å². The molecule has 0 unspecified atom stereocenters. The molecule has 1 heterocycles. The lowest BCUT2D eigenvalue weighted by atomic mass is 10.2. The zero-order valence-corrected chi connectivity index (χ0v) is 12.9. The maximum atomic E-state index is 5.84. The molecule has 1 aromatic carbocycles. The van der Waals surface area contributed by atoms with Gasteiger partial charge in [-0.2, -0.15) is 4.98 Å². The molecule has 2 aromatic rings. The van der Waals surface area contributed by atoms with E-state index in [0.717, 1.165) is 29.2 Å². The quantitative estimate of drug-likeness (QED) is 0.884. The van der Waals surface area contributed by atoms with Crippen LogP contribution in [0.2, 0.25) is 0 Å². The summed E-state index contributed by atoms with van der Waals surface area (Å²) in [5, 5.41) is 3.22. The predicted octanol–water partition coefficient (Wildman–Crippen LogP) is 3.11. The molecule has 21 heavy (non-hydrogen) atoms. The molecule has 0 radical (unpaired) electrons. The van der Waals surface area contributed by atoms with Gasteiger partial charge in [-0.15, -0.1) is 0 Å². The highest BCUT2D eigenvalue weighted by Gasteiger charge is 2.10. The van der Waals surface area contributed by atoms with Crippen molar-refractivity contribution in [3.05, 3.63) is 41.2 Å². The van der Waals surface area contributed by atoms with Crippen molar-refractivity contribution < 1.29 is 9.47 Å². The third kappa shape index (κ3) is 3.84. The number of aromatic nitrogens is 2. The fraction of sp³-hybridized carbons (Fsp3) is 0.375. The summed E-state index contributed by atoms with van der Waals surface area (Å²) in [4.78, 5) is 8.75. The lowest BCUT2D eigenvalue weighted by molar-refractivity contribution is 0.289. The Morgan fingerprint density at radius 3 is 2.71 bits per heavy atom. The molecule has 5 heteroatoms. The van der Waals surface area contributed by atoms with Crippen molar-refractivity contribution in [2.45, 2.75) is 27.4 Å². The summed E-state index contributed by atoms with van der Waals surface area (Å²) in [7, 11) is 1.65. The van der Waals surface area contributed by atoms with Gasteiger partial charge in [0.1, 0.15) is 24.0 Å². The monoisotopic (exact) mass is 287 g/mol. The van der Waals surface area contributed by atoms with Crippen molar-refractivity contribution in [1.82, 2.24) is 9.97 Å². The minimum Gasteiger partial charge on any atom is -0.497 e. The number of methoxy groups -OCH3 is 1. The highest BCUT2D eigenvalue weighted by molar-refractivity contribution is 5.48. The maximum absolute atomic E-state index is 5.84. The first kappa shape index (κ1) is 15.1. The molecule has 0 saturated heterocycles. The standard InChI is InChI=1S/C16H21N3O2/c1-5-17-15-11(2)16(19-12(3)18-15)21-10-13-7-6-8-14(9-13)20-4/h6-9H,5,10H2,1-4H3,(H,17,18,19). The van der Waals surface area contributed by atoms with E-state index >= 15 is 0 Å². The van der Waals surface area contributed by atoms with E-state index in [1.807, 2.05) is 45.0 Å². The molecule has 0 aliphatic carbocycles. The number of benzene rings is 1. The van der Waals surface area contributed by atoms with Gasteiger partial charge in [0.2, 0.25) is 5.88 Å². The van der Waals surface area contributed by atoms with Crippen LogP contribution in [0.15, 0.2) is 24.3 Å². The second-order valence-corrected chi connectivity index (χ2v) is 4.72. The van der Waals surface area contributed by atoms with E-state index in [1.54, 1.807) is 7.11 Å². The second kappa shape index (κ2) is 6.92. The normalized spacial score (nSPS) is 10.3. The van der Waals surface area contributed by atoms with E-state index in [-0.39, 0.29) is 0 Å². The topological polar surface area (TPSA) is 56.3 Å². The van der Waals surface area contributed by atoms with Gasteiger partial charge in [0.05, 0.1) is 12.7 Å². The second-order valence-electron chi connectivity index (χ2n) is 4.72. The molecule has 112 valence electrons. The van der Waals surface area contributed by atoms with Gasteiger partial charge < -0.3 is 14.8 Å². The Bertz CT molecular complexity index is 614. The van der Waals surface area contributed by atoms with Crippen molar-refractivity contribution >= 4 is 5.82 Å². The molecule has 0 saturated carbocycles. The smallest absolute Gasteiger partial charge is 0.222 e. The Hall–Kier alpha value is -2.30. The molecule has 0 aliphatic heterocycles. The Morgan fingerprint density at radius 1 is 1.19 bits per heavy atom. The Morgan fingerprint density at radius 2 is 2.00 bits per heavy atom. The zero-order chi connectivity index (χ0) is 15.2. The van der Waals surface area contributed by atoms with E-state index in [2.05, 4.69) is 15.3 Å². The lowest BCUT2D eigenvalue weighted by Crippen LogP contribution is -2.07. The molecular weight excluding hydrogens is 266 g/mol. The SMILES string of the molecule is CCNc1nc(C)nc(OCc2cccc(OC)c2)c1C. The minimum absolute atomic E-state index is 0.445. The number of anilines is 1. The van der Waals surface area contributed by atoms with Crippen LogP contribution >= 0.6 is 0 Å². The third-order valence-corrected chi connectivity index (χ3v) is 3.07. The van der Waals surface area contributed by atoms with Crippen molar-refractivity contribution in [3.63, 3.8) is 0 Å². The summed E-state index contributed by atoms with van der Waals surface area (Å²) in [6.07, 6.45) is 0. The molecule has 0 spiro atoms. The van der Waals surface area contributed by atoms with Gasteiger partial charge in [0.25, 0.3) is 0 Å². The maximum Gasteiger partial charge on any atom is 0.222 e. The predicted molar refractivity (Wildman–Crippen MR) is 83.0 cm³/mol. The Balaban J connectivity index is 2.15. The molecule has 2 rings (SSSR count). The van der Waals surface area contributed by atoms with Crippen LogP contribution in [0.25, 0.3) is 0 Å². The van der Waals surface area contributed by atoms with Crippen molar-refractivity contribution in [3.8, 4) is 11.6 Å². The third-order valence-electron chi connectivity index (χ3n) is 3.07. The van der Waals surface area contributed by atoms with Crippen molar-refractivity contribution in [2.24, 2.45) is 0 Å². The first-order valence-electron chi connectivity index (χ1n) is 6.99. The molecule has 0 fully saturated rings. The van der Waals surface area contributed by atoms with Crippen molar-refractivity contribution in [1.29, 1.82) is 0 Å². The number of hydrogen-bond donors (Lipinski definition) is 1. The number of hydrogen-bond acceptors (Lipinski definition) is 5. The molecule has 5 nitrogen and oxygen atoms in total. The fourth-order valence-corrected chi connectivity index (χ4v) is 2.00. The van der Waals surface area contributed by atoms with Crippen LogP contribution < -0.4 is 14.8 Å². The van der Waals surface area contributed by atoms with Crippen LogP contribution in [0.5, 0.6) is 11.6 Å². The van der Waals surface area contributed by atoms with Crippen LogP contribution in [0.4, 0.5) is 5.82 Å². The van der Waals surface area contributed by atoms with Gasteiger partial charge in [-0.25, -0.2) is 4.98 Å². The Labute approximate surface area is 125 Å². The van der Waals surface area contributed by atoms with Crippen LogP contribution in [0.1, 0.15) is 23.9 Å². The van der Waals surface area contributed by atoms with Crippen LogP contribution in [0.3, 0.4) is 0 Å². The lowest BCUT2D eigenvalue weighted by Gasteiger charge is -2.13. The van der Waals surface area contributed by atoms with Gasteiger partial charge >= 0.3 is 0 Å². The van der Waals surface area contributed by atoms with Crippen LogP contribution in [0, 0.1) is 13.8 Å². The molecule has 0 atom stereocenters. The van der Waals surface area contributed by atoms with Gasteiger partial charge in [-0.1, -0.05) is 12.1 Å². The summed E-state index contributed by atoms with van der Waals surface area (Å²) < 4.78 is 11.1. The average molecular weight is 287 g/mol. The summed E-state index contributed by atoms with van der Waals surface area (Å²) in [5.74, 6) is 2.95. The Kier molecular flexibility index (Phi) is 4.98. The zero-order valence-electron chi connectivity index (χ0n) is 12.9. The average Bonchev–Trinajstić information content (AvgIpc) is 2.49.